The molecule has 96 valence electrons. The minimum absolute atomic E-state index is 0.188. The average molecular weight is 279 g/mol. The van der Waals surface area contributed by atoms with Gasteiger partial charge in [0.1, 0.15) is 16.4 Å². The predicted octanol–water partition coefficient (Wildman–Crippen LogP) is 3.69. The van der Waals surface area contributed by atoms with Gasteiger partial charge >= 0.3 is 0 Å². The van der Waals surface area contributed by atoms with Crippen molar-refractivity contribution in [2.24, 2.45) is 5.73 Å². The molecule has 1 fully saturated rings. The van der Waals surface area contributed by atoms with E-state index in [1.54, 1.807) is 22.7 Å². The first-order valence-electron chi connectivity index (χ1n) is 6.35. The monoisotopic (exact) mass is 279 g/mol. The number of aryl methyl sites for hydroxylation is 1. The third-order valence-corrected chi connectivity index (χ3v) is 5.39. The molecule has 18 heavy (non-hydrogen) atoms. The van der Waals surface area contributed by atoms with Crippen LogP contribution in [0.15, 0.2) is 10.8 Å². The van der Waals surface area contributed by atoms with Crippen molar-refractivity contribution < 1.29 is 0 Å². The largest absolute Gasteiger partial charge is 0.319 e. The zero-order valence-electron chi connectivity index (χ0n) is 10.5. The minimum atomic E-state index is -0.188. The molecule has 2 aromatic heterocycles. The van der Waals surface area contributed by atoms with E-state index in [4.69, 9.17) is 10.7 Å². The fourth-order valence-electron chi connectivity index (χ4n) is 2.50. The lowest BCUT2D eigenvalue weighted by Crippen LogP contribution is -2.38. The number of hydrogen-bond acceptors (Lipinski definition) is 5. The Labute approximate surface area is 115 Å². The van der Waals surface area contributed by atoms with Gasteiger partial charge in [0.25, 0.3) is 0 Å². The van der Waals surface area contributed by atoms with E-state index in [-0.39, 0.29) is 5.54 Å². The van der Waals surface area contributed by atoms with Crippen molar-refractivity contribution in [1.82, 2.24) is 9.97 Å². The first kappa shape index (κ1) is 12.3. The second-order valence-corrected chi connectivity index (χ2v) is 6.93. The summed E-state index contributed by atoms with van der Waals surface area (Å²) in [5, 5.41) is 6.33. The summed E-state index contributed by atoms with van der Waals surface area (Å²) in [6.07, 6.45) is 5.89. The summed E-state index contributed by atoms with van der Waals surface area (Å²) in [5.74, 6) is 0. The van der Waals surface area contributed by atoms with Crippen LogP contribution in [-0.2, 0) is 5.54 Å². The zero-order valence-corrected chi connectivity index (χ0v) is 12.1. The van der Waals surface area contributed by atoms with Crippen molar-refractivity contribution in [2.45, 2.75) is 44.6 Å². The molecular weight excluding hydrogens is 262 g/mol. The molecule has 0 bridgehead atoms. The molecule has 0 aromatic carbocycles. The highest BCUT2D eigenvalue weighted by atomic mass is 32.1. The third kappa shape index (κ3) is 2.22. The maximum absolute atomic E-state index is 6.51. The van der Waals surface area contributed by atoms with Crippen molar-refractivity contribution in [3.05, 3.63) is 20.8 Å². The number of aromatic nitrogens is 2. The SMILES string of the molecule is Cc1nc(-c2csc(C3(N)CCCCC3)n2)cs1. The first-order chi connectivity index (χ1) is 8.67. The van der Waals surface area contributed by atoms with E-state index in [1.807, 2.05) is 6.92 Å². The van der Waals surface area contributed by atoms with Gasteiger partial charge in [-0.3, -0.25) is 0 Å². The van der Waals surface area contributed by atoms with Gasteiger partial charge in [-0.15, -0.1) is 22.7 Å². The van der Waals surface area contributed by atoms with Gasteiger partial charge in [-0.2, -0.15) is 0 Å². The van der Waals surface area contributed by atoms with Crippen LogP contribution in [0.2, 0.25) is 0 Å². The average Bonchev–Trinajstić information content (AvgIpc) is 2.98. The summed E-state index contributed by atoms with van der Waals surface area (Å²) in [6, 6.07) is 0. The molecule has 2 heterocycles. The predicted molar refractivity (Wildman–Crippen MR) is 76.9 cm³/mol. The van der Waals surface area contributed by atoms with Crippen LogP contribution < -0.4 is 5.73 Å². The summed E-state index contributed by atoms with van der Waals surface area (Å²) in [6.45, 7) is 2.02. The second kappa shape index (κ2) is 4.72. The summed E-state index contributed by atoms with van der Waals surface area (Å²) >= 11 is 3.35. The second-order valence-electron chi connectivity index (χ2n) is 5.01. The molecule has 5 heteroatoms. The van der Waals surface area contributed by atoms with Gasteiger partial charge in [0.05, 0.1) is 10.5 Å². The molecule has 0 spiro atoms. The smallest absolute Gasteiger partial charge is 0.113 e. The van der Waals surface area contributed by atoms with E-state index in [9.17, 15) is 0 Å². The quantitative estimate of drug-likeness (QED) is 0.912. The van der Waals surface area contributed by atoms with Crippen LogP contribution >= 0.6 is 22.7 Å². The van der Waals surface area contributed by atoms with Crippen molar-refractivity contribution in [1.29, 1.82) is 0 Å². The van der Waals surface area contributed by atoms with E-state index in [0.717, 1.165) is 34.2 Å². The molecule has 0 unspecified atom stereocenters. The number of hydrogen-bond donors (Lipinski definition) is 1. The molecule has 0 radical (unpaired) electrons. The molecule has 1 aliphatic rings. The third-order valence-electron chi connectivity index (χ3n) is 3.56. The first-order valence-corrected chi connectivity index (χ1v) is 8.11. The van der Waals surface area contributed by atoms with Crippen LogP contribution in [0.1, 0.15) is 42.1 Å². The highest BCUT2D eigenvalue weighted by molar-refractivity contribution is 7.10. The normalized spacial score (nSPS) is 19.0. The van der Waals surface area contributed by atoms with E-state index in [0.29, 0.717) is 0 Å². The Balaban J connectivity index is 1.89. The molecule has 0 atom stereocenters. The lowest BCUT2D eigenvalue weighted by Gasteiger charge is -2.31. The van der Waals surface area contributed by atoms with Gasteiger partial charge in [0.2, 0.25) is 0 Å². The maximum atomic E-state index is 6.51. The van der Waals surface area contributed by atoms with Gasteiger partial charge in [0.15, 0.2) is 0 Å². The highest BCUT2D eigenvalue weighted by Gasteiger charge is 2.32. The van der Waals surface area contributed by atoms with Crippen molar-refractivity contribution >= 4 is 22.7 Å². The van der Waals surface area contributed by atoms with Crippen molar-refractivity contribution in [2.75, 3.05) is 0 Å². The molecule has 0 aliphatic heterocycles. The fourth-order valence-corrected chi connectivity index (χ4v) is 4.09. The molecule has 0 amide bonds. The van der Waals surface area contributed by atoms with Crippen LogP contribution in [0.3, 0.4) is 0 Å². The Morgan fingerprint density at radius 1 is 1.06 bits per heavy atom. The lowest BCUT2D eigenvalue weighted by molar-refractivity contribution is 0.301. The molecular formula is C13H17N3S2. The minimum Gasteiger partial charge on any atom is -0.319 e. The molecule has 3 rings (SSSR count). The van der Waals surface area contributed by atoms with Crippen LogP contribution in [0.5, 0.6) is 0 Å². The maximum Gasteiger partial charge on any atom is 0.113 e. The Morgan fingerprint density at radius 3 is 2.39 bits per heavy atom. The standard InChI is InChI=1S/C13H17N3S2/c1-9-15-10(7-17-9)11-8-18-12(16-11)13(14)5-3-2-4-6-13/h7-8H,2-6,14H2,1H3. The van der Waals surface area contributed by atoms with Crippen LogP contribution in [0.25, 0.3) is 11.4 Å². The van der Waals surface area contributed by atoms with Gasteiger partial charge < -0.3 is 5.73 Å². The zero-order chi connectivity index (χ0) is 12.6. The Bertz CT molecular complexity index is 538. The highest BCUT2D eigenvalue weighted by Crippen LogP contribution is 2.37. The summed E-state index contributed by atoms with van der Waals surface area (Å²) in [4.78, 5) is 9.21. The lowest BCUT2D eigenvalue weighted by atomic mass is 9.83. The number of nitrogens with two attached hydrogens (primary N) is 1. The van der Waals surface area contributed by atoms with E-state index >= 15 is 0 Å². The van der Waals surface area contributed by atoms with Crippen molar-refractivity contribution in [3.8, 4) is 11.4 Å². The molecule has 3 nitrogen and oxygen atoms in total. The van der Waals surface area contributed by atoms with Crippen LogP contribution in [0, 0.1) is 6.92 Å². The topological polar surface area (TPSA) is 51.8 Å². The summed E-state index contributed by atoms with van der Waals surface area (Å²) < 4.78 is 0. The number of nitrogens with zero attached hydrogens (tertiary/aromatic N) is 2. The van der Waals surface area contributed by atoms with Gasteiger partial charge in [-0.05, 0) is 19.8 Å². The van der Waals surface area contributed by atoms with Gasteiger partial charge in [0, 0.05) is 10.8 Å². The molecule has 2 aromatic rings. The van der Waals surface area contributed by atoms with E-state index < -0.39 is 0 Å². The Kier molecular flexibility index (Phi) is 3.21. The van der Waals surface area contributed by atoms with Crippen LogP contribution in [-0.4, -0.2) is 9.97 Å². The number of thiazole rings is 2. The molecule has 2 N–H and O–H groups in total. The van der Waals surface area contributed by atoms with Crippen LogP contribution in [0.4, 0.5) is 0 Å². The van der Waals surface area contributed by atoms with E-state index in [1.165, 1.54) is 19.3 Å². The van der Waals surface area contributed by atoms with E-state index in [2.05, 4.69) is 15.7 Å². The summed E-state index contributed by atoms with van der Waals surface area (Å²) in [5.41, 5.74) is 8.29. The number of rotatable bonds is 2. The fraction of sp³-hybridized carbons (Fsp3) is 0.538. The summed E-state index contributed by atoms with van der Waals surface area (Å²) in [7, 11) is 0. The molecule has 1 aliphatic carbocycles. The van der Waals surface area contributed by atoms with Gasteiger partial charge in [-0.1, -0.05) is 19.3 Å². The molecule has 0 saturated heterocycles. The molecule has 1 saturated carbocycles. The van der Waals surface area contributed by atoms with Crippen molar-refractivity contribution in [3.63, 3.8) is 0 Å². The van der Waals surface area contributed by atoms with Gasteiger partial charge in [-0.25, -0.2) is 9.97 Å². The Hall–Kier alpha value is -0.780. The Morgan fingerprint density at radius 2 is 1.72 bits per heavy atom.